The Labute approximate surface area is 601 Å². The van der Waals surface area contributed by atoms with E-state index < -0.39 is 0 Å². The van der Waals surface area contributed by atoms with Crippen molar-refractivity contribution in [2.45, 2.75) is 103 Å². The third-order valence-electron chi connectivity index (χ3n) is 23.5. The van der Waals surface area contributed by atoms with Gasteiger partial charge in [-0.3, -0.25) is 19.6 Å². The van der Waals surface area contributed by atoms with Gasteiger partial charge in [0.1, 0.15) is 23.3 Å². The van der Waals surface area contributed by atoms with Crippen LogP contribution in [0.15, 0.2) is 291 Å². The third kappa shape index (κ3) is 9.58. The number of pyridine rings is 2. The van der Waals surface area contributed by atoms with Crippen LogP contribution in [0.2, 0.25) is 0 Å². The fourth-order valence-corrected chi connectivity index (χ4v) is 18.1. The average molecular weight is 1320 g/mol. The molecule has 0 spiro atoms. The second-order valence-corrected chi connectivity index (χ2v) is 31.4. The first-order valence-corrected chi connectivity index (χ1v) is 36.5. The summed E-state index contributed by atoms with van der Waals surface area (Å²) in [7, 11) is 0. The van der Waals surface area contributed by atoms with Gasteiger partial charge in [0.05, 0.1) is 0 Å². The first kappa shape index (κ1) is 61.7. The molecule has 19 rings (SSSR count). The Balaban J connectivity index is 0.911. The Morgan fingerprint density at radius 3 is 0.941 bits per heavy atom. The molecule has 2 aliphatic carbocycles. The molecule has 8 nitrogen and oxygen atoms in total. The van der Waals surface area contributed by atoms with Crippen LogP contribution in [0.4, 0.5) is 103 Å². The minimum absolute atomic E-state index is 0.0297. The van der Waals surface area contributed by atoms with Gasteiger partial charge in [0.2, 0.25) is 0 Å². The van der Waals surface area contributed by atoms with Crippen LogP contribution in [0.3, 0.4) is 0 Å². The van der Waals surface area contributed by atoms with E-state index in [2.05, 4.69) is 376 Å². The SMILES string of the molecule is CC1(C)CCC(C)(C)c2cc(N(c3ccccc3)c3cc4c5c(n3)N(c3ccccc3)c3cc6c(cc3B5c3ccccc3N4c3ccccc3)B3c4ccccc4N(c4ccccc4)c4cc(N(c5ccccc5)c5ccc7c(c5)C(C)(C)CCC7(C)C)nc(c43)N6c3ccccc3)ccc21. The van der Waals surface area contributed by atoms with Crippen LogP contribution in [0.5, 0.6) is 0 Å². The molecule has 0 bridgehead atoms. The molecule has 494 valence electrons. The van der Waals surface area contributed by atoms with Crippen molar-refractivity contribution in [3.63, 3.8) is 0 Å². The van der Waals surface area contributed by atoms with Crippen molar-refractivity contribution in [1.82, 2.24) is 9.97 Å². The molecule has 0 atom stereocenters. The Morgan fingerprint density at radius 2 is 0.578 bits per heavy atom. The van der Waals surface area contributed by atoms with Crippen molar-refractivity contribution in [2.75, 3.05) is 29.4 Å². The Bertz CT molecular complexity index is 5140. The summed E-state index contributed by atoms with van der Waals surface area (Å²) in [6.07, 6.45) is 4.48. The van der Waals surface area contributed by atoms with Crippen LogP contribution in [0, 0.1) is 0 Å². The monoisotopic (exact) mass is 1320 g/mol. The predicted molar refractivity (Wildman–Crippen MR) is 430 cm³/mol. The maximum atomic E-state index is 6.26. The first-order chi connectivity index (χ1) is 49.6. The Morgan fingerprint density at radius 1 is 0.265 bits per heavy atom. The van der Waals surface area contributed by atoms with E-state index in [-0.39, 0.29) is 35.1 Å². The number of hydrogen-bond donors (Lipinski definition) is 0. The molecule has 102 heavy (non-hydrogen) atoms. The summed E-state index contributed by atoms with van der Waals surface area (Å²) < 4.78 is 0. The quantitative estimate of drug-likeness (QED) is 0.126. The van der Waals surface area contributed by atoms with E-state index in [4.69, 9.17) is 9.97 Å². The maximum absolute atomic E-state index is 6.26. The Hall–Kier alpha value is -11.4. The van der Waals surface area contributed by atoms with Crippen LogP contribution >= 0.6 is 0 Å². The smallest absolute Gasteiger partial charge is 0.254 e. The van der Waals surface area contributed by atoms with E-state index in [0.29, 0.717) is 0 Å². The van der Waals surface area contributed by atoms with Gasteiger partial charge < -0.3 is 9.80 Å². The number of rotatable bonds is 10. The molecule has 4 aliphatic heterocycles. The molecule has 2 aromatic heterocycles. The lowest BCUT2D eigenvalue weighted by Crippen LogP contribution is -2.65. The lowest BCUT2D eigenvalue weighted by molar-refractivity contribution is 0.332. The Kier molecular flexibility index (Phi) is 14.0. The van der Waals surface area contributed by atoms with Crippen molar-refractivity contribution < 1.29 is 0 Å². The van der Waals surface area contributed by atoms with E-state index >= 15 is 0 Å². The summed E-state index contributed by atoms with van der Waals surface area (Å²) in [6.45, 7) is 18.9. The molecule has 6 heterocycles. The van der Waals surface area contributed by atoms with Crippen molar-refractivity contribution in [2.24, 2.45) is 0 Å². The fourth-order valence-electron chi connectivity index (χ4n) is 18.1. The molecular weight excluding hydrogens is 1240 g/mol. The van der Waals surface area contributed by atoms with Crippen LogP contribution in [0.25, 0.3) is 0 Å². The lowest BCUT2D eigenvalue weighted by Gasteiger charge is -2.47. The standard InChI is InChI=1S/C92H80B2N8/c1-89(2)51-53-91(5,6)71-55-67(47-49-69(71)89)97(61-31-15-9-16-32-61)83-59-81-85-87(95-83)101(65-39-23-13-24-40-65)79-58-80-76(57-75(79)93(85)73-43-27-29-45-77(73)99(81)63-35-19-11-20-36-63)94-74-44-28-30-46-78(74)100(64-37-21-12-22-38-64)82-60-84(96-88(86(82)94)102(80)66-41-25-14-26-42-66)98(62-33-17-10-18-34-62)68-48-50-70-72(56-68)92(7,8)54-52-90(70,3)4/h9-50,55-60H,51-54H2,1-8H3. The molecule has 0 radical (unpaired) electrons. The number of aromatic nitrogens is 2. The van der Waals surface area contributed by atoms with E-state index in [1.165, 1.54) is 44.1 Å². The van der Waals surface area contributed by atoms with Gasteiger partial charge in [0, 0.05) is 91.8 Å². The molecule has 0 saturated heterocycles. The van der Waals surface area contributed by atoms with Gasteiger partial charge in [-0.25, -0.2) is 9.97 Å². The van der Waals surface area contributed by atoms with Gasteiger partial charge in [0.15, 0.2) is 0 Å². The second kappa shape index (κ2) is 23.1. The molecule has 13 aromatic rings. The topological polar surface area (TPSA) is 45.2 Å². The van der Waals surface area contributed by atoms with Crippen LogP contribution < -0.4 is 62.2 Å². The molecule has 10 heteroatoms. The highest BCUT2D eigenvalue weighted by molar-refractivity contribution is 7.03. The number of hydrogen-bond acceptors (Lipinski definition) is 8. The average Bonchev–Trinajstić information content (AvgIpc) is 0.682. The van der Waals surface area contributed by atoms with Gasteiger partial charge in [-0.2, -0.15) is 0 Å². The van der Waals surface area contributed by atoms with Crippen molar-refractivity contribution in [1.29, 1.82) is 0 Å². The molecule has 0 saturated carbocycles. The maximum Gasteiger partial charge on any atom is 0.254 e. The molecule has 0 unspecified atom stereocenters. The van der Waals surface area contributed by atoms with Gasteiger partial charge >= 0.3 is 0 Å². The summed E-state index contributed by atoms with van der Waals surface area (Å²) >= 11 is 0. The zero-order valence-corrected chi connectivity index (χ0v) is 59.3. The zero-order chi connectivity index (χ0) is 69.0. The molecular formula is C92H80B2N8. The summed E-state index contributed by atoms with van der Waals surface area (Å²) in [4.78, 5) is 27.3. The number of fused-ring (bicyclic) bond motifs is 10. The highest BCUT2D eigenvalue weighted by Crippen LogP contribution is 2.54. The molecule has 0 amide bonds. The molecule has 0 fully saturated rings. The van der Waals surface area contributed by atoms with Crippen molar-refractivity contribution in [3.8, 4) is 0 Å². The minimum Gasteiger partial charge on any atom is -0.311 e. The lowest BCUT2D eigenvalue weighted by atomic mass is 9.30. The van der Waals surface area contributed by atoms with Crippen molar-refractivity contribution >= 4 is 149 Å². The van der Waals surface area contributed by atoms with Gasteiger partial charge in [-0.1, -0.05) is 219 Å². The number of para-hydroxylation sites is 8. The van der Waals surface area contributed by atoms with Crippen molar-refractivity contribution in [3.05, 3.63) is 313 Å². The first-order valence-electron chi connectivity index (χ1n) is 36.5. The van der Waals surface area contributed by atoms with E-state index in [0.717, 1.165) is 140 Å². The van der Waals surface area contributed by atoms with Crippen LogP contribution in [0.1, 0.15) is 103 Å². The third-order valence-corrected chi connectivity index (χ3v) is 23.5. The van der Waals surface area contributed by atoms with Crippen LogP contribution in [-0.2, 0) is 21.7 Å². The van der Waals surface area contributed by atoms with E-state index in [9.17, 15) is 0 Å². The predicted octanol–water partition coefficient (Wildman–Crippen LogP) is 20.3. The highest BCUT2D eigenvalue weighted by atomic mass is 15.3. The molecule has 6 aliphatic rings. The summed E-state index contributed by atoms with van der Waals surface area (Å²) in [6, 6.07) is 108. The number of anilines is 18. The summed E-state index contributed by atoms with van der Waals surface area (Å²) in [5, 5.41) is 0. The summed E-state index contributed by atoms with van der Waals surface area (Å²) in [5.74, 6) is 3.40. The fraction of sp³-hybridized carbons (Fsp3) is 0.174. The zero-order valence-electron chi connectivity index (χ0n) is 59.3. The number of benzene rings is 11. The van der Waals surface area contributed by atoms with Gasteiger partial charge in [-0.05, 0) is 218 Å². The molecule has 0 N–H and O–H groups in total. The van der Waals surface area contributed by atoms with E-state index in [1.54, 1.807) is 0 Å². The van der Waals surface area contributed by atoms with Gasteiger partial charge in [0.25, 0.3) is 13.4 Å². The second-order valence-electron chi connectivity index (χ2n) is 31.4. The minimum atomic E-state index is -0.247. The van der Waals surface area contributed by atoms with Gasteiger partial charge in [-0.15, -0.1) is 0 Å². The molecule has 11 aromatic carbocycles. The normalized spacial score (nSPS) is 16.3. The largest absolute Gasteiger partial charge is 0.311 e. The highest BCUT2D eigenvalue weighted by Gasteiger charge is 2.51. The summed E-state index contributed by atoms with van der Waals surface area (Å²) in [5.41, 5.74) is 27.8. The van der Waals surface area contributed by atoms with E-state index in [1.807, 2.05) is 0 Å². The number of nitrogens with zero attached hydrogens (tertiary/aromatic N) is 8. The van der Waals surface area contributed by atoms with Crippen LogP contribution in [-0.4, -0.2) is 23.4 Å².